The van der Waals surface area contributed by atoms with Crippen molar-refractivity contribution in [1.82, 2.24) is 9.97 Å². The molecule has 2 amide bonds. The van der Waals surface area contributed by atoms with E-state index in [0.29, 0.717) is 5.56 Å². The van der Waals surface area contributed by atoms with Crippen LogP contribution in [0, 0.1) is 6.92 Å². The van der Waals surface area contributed by atoms with Crippen LogP contribution in [-0.2, 0) is 15.2 Å². The maximum atomic E-state index is 14.3. The van der Waals surface area contributed by atoms with E-state index in [2.05, 4.69) is 15.1 Å². The van der Waals surface area contributed by atoms with Gasteiger partial charge >= 0.3 is 6.18 Å². The summed E-state index contributed by atoms with van der Waals surface area (Å²) in [5, 5.41) is 3.49. The first kappa shape index (κ1) is 28.1. The molecule has 0 saturated heterocycles. The largest absolute Gasteiger partial charge is 0.435 e. The Morgan fingerprint density at radius 1 is 1.03 bits per heavy atom. The SMILES string of the molecule is CC(=O)N(C(=O)c1ccc(C2=NOC(c3cc(Cl)c(Cl)c(Cl)c3)(C(F)(F)F)C2)cc1C)c1ncc(Cl)cn1. The number of hydrogen-bond acceptors (Lipinski definition) is 6. The average molecular weight is 606 g/mol. The minimum atomic E-state index is -4.90. The molecule has 2 heterocycles. The molecule has 0 N–H and O–H groups in total. The Balaban J connectivity index is 1.67. The van der Waals surface area contributed by atoms with E-state index < -0.39 is 30.0 Å². The lowest BCUT2D eigenvalue weighted by atomic mass is 9.86. The third kappa shape index (κ3) is 5.05. The van der Waals surface area contributed by atoms with Gasteiger partial charge in [0, 0.05) is 24.5 Å². The summed E-state index contributed by atoms with van der Waals surface area (Å²) in [5.74, 6) is -1.56. The number of carbonyl (C=O) groups is 2. The first-order valence-electron chi connectivity index (χ1n) is 10.7. The van der Waals surface area contributed by atoms with Gasteiger partial charge in [-0.15, -0.1) is 0 Å². The van der Waals surface area contributed by atoms with Crippen LogP contribution in [0.2, 0.25) is 20.1 Å². The molecule has 1 aliphatic heterocycles. The Labute approximate surface area is 234 Å². The van der Waals surface area contributed by atoms with Crippen LogP contribution in [0.3, 0.4) is 0 Å². The smallest absolute Gasteiger partial charge is 0.374 e. The molecule has 0 saturated carbocycles. The van der Waals surface area contributed by atoms with E-state index in [1.807, 2.05) is 0 Å². The van der Waals surface area contributed by atoms with E-state index >= 15 is 0 Å². The van der Waals surface area contributed by atoms with E-state index in [9.17, 15) is 22.8 Å². The molecule has 198 valence electrons. The summed E-state index contributed by atoms with van der Waals surface area (Å²) in [5.41, 5.74) is -2.53. The fourth-order valence-corrected chi connectivity index (χ4v) is 4.54. The van der Waals surface area contributed by atoms with Crippen LogP contribution < -0.4 is 4.90 Å². The predicted octanol–water partition coefficient (Wildman–Crippen LogP) is 7.17. The molecule has 0 bridgehead atoms. The molecular formula is C24H15Cl4F3N4O3. The average Bonchev–Trinajstić information content (AvgIpc) is 3.30. The van der Waals surface area contributed by atoms with Gasteiger partial charge in [0.15, 0.2) is 0 Å². The molecule has 4 rings (SSSR count). The Morgan fingerprint density at radius 3 is 2.16 bits per heavy atom. The van der Waals surface area contributed by atoms with Crippen molar-refractivity contribution in [2.24, 2.45) is 5.16 Å². The second-order valence-electron chi connectivity index (χ2n) is 8.28. The molecule has 2 aromatic carbocycles. The monoisotopic (exact) mass is 604 g/mol. The van der Waals surface area contributed by atoms with Gasteiger partial charge in [0.05, 0.1) is 38.2 Å². The first-order valence-corrected chi connectivity index (χ1v) is 12.2. The number of aromatic nitrogens is 2. The Bertz CT molecular complexity index is 1460. The molecule has 0 radical (unpaired) electrons. The number of anilines is 1. The standard InChI is InChI=1S/C24H15Cl4F3N4O3/c1-11-5-13(3-4-16(11)21(37)35(12(2)36)22-32-9-15(25)10-33-22)19-8-23(38-34-19,24(29,30)31)14-6-17(26)20(28)18(27)7-14/h3-7,9-10H,8H2,1-2H3. The zero-order valence-electron chi connectivity index (χ0n) is 19.4. The van der Waals surface area contributed by atoms with Gasteiger partial charge in [-0.05, 0) is 42.3 Å². The number of alkyl halides is 3. The molecule has 14 heteroatoms. The summed E-state index contributed by atoms with van der Waals surface area (Å²) in [6.07, 6.45) is -3.13. The van der Waals surface area contributed by atoms with Crippen molar-refractivity contribution in [2.45, 2.75) is 32.0 Å². The number of rotatable bonds is 4. The van der Waals surface area contributed by atoms with Crippen molar-refractivity contribution in [3.05, 3.63) is 85.1 Å². The van der Waals surface area contributed by atoms with Crippen molar-refractivity contribution in [1.29, 1.82) is 0 Å². The Morgan fingerprint density at radius 2 is 1.63 bits per heavy atom. The third-order valence-corrected chi connectivity index (χ3v) is 7.14. The summed E-state index contributed by atoms with van der Waals surface area (Å²) in [7, 11) is 0. The molecule has 1 atom stereocenters. The summed E-state index contributed by atoms with van der Waals surface area (Å²) in [6.45, 7) is 2.72. The number of imide groups is 1. The minimum absolute atomic E-state index is 0.0314. The lowest BCUT2D eigenvalue weighted by molar-refractivity contribution is -0.275. The molecule has 0 aliphatic carbocycles. The number of amides is 2. The van der Waals surface area contributed by atoms with Crippen LogP contribution in [0.1, 0.15) is 40.4 Å². The van der Waals surface area contributed by atoms with E-state index in [-0.39, 0.29) is 48.4 Å². The summed E-state index contributed by atoms with van der Waals surface area (Å²) >= 11 is 23.6. The molecular weight excluding hydrogens is 591 g/mol. The topological polar surface area (TPSA) is 84.8 Å². The van der Waals surface area contributed by atoms with Crippen LogP contribution in [0.5, 0.6) is 0 Å². The van der Waals surface area contributed by atoms with Gasteiger partial charge in [0.2, 0.25) is 11.9 Å². The summed E-state index contributed by atoms with van der Waals surface area (Å²) < 4.78 is 43.0. The quantitative estimate of drug-likeness (QED) is 0.294. The second kappa shape index (κ2) is 10.3. The van der Waals surface area contributed by atoms with E-state index in [1.165, 1.54) is 30.6 Å². The summed E-state index contributed by atoms with van der Waals surface area (Å²) in [6, 6.07) is 6.29. The van der Waals surface area contributed by atoms with Gasteiger partial charge in [-0.25, -0.2) is 14.9 Å². The van der Waals surface area contributed by atoms with Gasteiger partial charge in [-0.3, -0.25) is 9.59 Å². The second-order valence-corrected chi connectivity index (χ2v) is 9.90. The Kier molecular flexibility index (Phi) is 7.64. The van der Waals surface area contributed by atoms with E-state index in [1.54, 1.807) is 6.92 Å². The number of aryl methyl sites for hydroxylation is 1. The number of halogens is 7. The zero-order valence-corrected chi connectivity index (χ0v) is 22.4. The third-order valence-electron chi connectivity index (χ3n) is 5.75. The molecule has 3 aromatic rings. The normalized spacial score (nSPS) is 17.1. The van der Waals surface area contributed by atoms with Crippen molar-refractivity contribution >= 4 is 69.9 Å². The predicted molar refractivity (Wildman–Crippen MR) is 137 cm³/mol. The van der Waals surface area contributed by atoms with Crippen molar-refractivity contribution in [3.8, 4) is 0 Å². The molecule has 1 aromatic heterocycles. The van der Waals surface area contributed by atoms with Gasteiger partial charge in [-0.1, -0.05) is 57.6 Å². The highest BCUT2D eigenvalue weighted by atomic mass is 35.5. The van der Waals surface area contributed by atoms with Crippen LogP contribution >= 0.6 is 46.4 Å². The maximum absolute atomic E-state index is 14.3. The number of oxime groups is 1. The highest BCUT2D eigenvalue weighted by Crippen LogP contribution is 2.50. The molecule has 1 unspecified atom stereocenters. The lowest BCUT2D eigenvalue weighted by Crippen LogP contribution is -2.42. The van der Waals surface area contributed by atoms with Crippen LogP contribution in [0.25, 0.3) is 0 Å². The van der Waals surface area contributed by atoms with Gasteiger partial charge < -0.3 is 4.84 Å². The summed E-state index contributed by atoms with van der Waals surface area (Å²) in [4.78, 5) is 39.0. The van der Waals surface area contributed by atoms with E-state index in [4.69, 9.17) is 51.2 Å². The highest BCUT2D eigenvalue weighted by molar-refractivity contribution is 6.48. The zero-order chi connectivity index (χ0) is 28.0. The molecule has 1 aliphatic rings. The Hall–Kier alpha value is -2.92. The van der Waals surface area contributed by atoms with Crippen molar-refractivity contribution in [2.75, 3.05) is 4.90 Å². The fraction of sp³-hybridized carbons (Fsp3) is 0.208. The van der Waals surface area contributed by atoms with Crippen molar-refractivity contribution in [3.63, 3.8) is 0 Å². The van der Waals surface area contributed by atoms with Crippen LogP contribution in [0.15, 0.2) is 47.9 Å². The molecule has 0 spiro atoms. The molecule has 38 heavy (non-hydrogen) atoms. The number of nitrogens with zero attached hydrogens (tertiary/aromatic N) is 4. The van der Waals surface area contributed by atoms with Gasteiger partial charge in [-0.2, -0.15) is 13.2 Å². The van der Waals surface area contributed by atoms with Crippen LogP contribution in [0.4, 0.5) is 19.1 Å². The van der Waals surface area contributed by atoms with Gasteiger partial charge in [0.25, 0.3) is 11.5 Å². The van der Waals surface area contributed by atoms with Crippen LogP contribution in [-0.4, -0.2) is 33.7 Å². The minimum Gasteiger partial charge on any atom is -0.374 e. The highest BCUT2D eigenvalue weighted by Gasteiger charge is 2.62. The maximum Gasteiger partial charge on any atom is 0.435 e. The van der Waals surface area contributed by atoms with Gasteiger partial charge in [0.1, 0.15) is 0 Å². The lowest BCUT2D eigenvalue weighted by Gasteiger charge is -2.30. The fourth-order valence-electron chi connectivity index (χ4n) is 3.85. The molecule has 0 fully saturated rings. The van der Waals surface area contributed by atoms with E-state index in [0.717, 1.165) is 24.0 Å². The van der Waals surface area contributed by atoms with Crippen molar-refractivity contribution < 1.29 is 27.6 Å². The molecule has 7 nitrogen and oxygen atoms in total. The number of hydrogen-bond donors (Lipinski definition) is 0. The number of benzene rings is 2. The first-order chi connectivity index (χ1) is 17.7. The number of carbonyl (C=O) groups excluding carboxylic acids is 2.